The van der Waals surface area contributed by atoms with Gasteiger partial charge in [0.1, 0.15) is 0 Å². The first-order chi connectivity index (χ1) is 7.36. The molecule has 1 aromatic rings. The molecular weight excluding hydrogens is 184 g/mol. The molecule has 0 aliphatic heterocycles. The molecule has 0 spiro atoms. The molecule has 0 aliphatic rings. The zero-order chi connectivity index (χ0) is 10.9. The van der Waals surface area contributed by atoms with Gasteiger partial charge in [0.05, 0.1) is 6.21 Å². The summed E-state index contributed by atoms with van der Waals surface area (Å²) in [6, 6.07) is 7.88. The second-order valence-corrected chi connectivity index (χ2v) is 3.31. The van der Waals surface area contributed by atoms with Crippen LogP contribution in [0.5, 0.6) is 0 Å². The smallest absolute Gasteiger partial charge is 0.0538 e. The lowest BCUT2D eigenvalue weighted by Crippen LogP contribution is -1.86. The molecule has 0 aliphatic carbocycles. The fourth-order valence-electron chi connectivity index (χ4n) is 1.17. The van der Waals surface area contributed by atoms with Crippen molar-refractivity contribution in [3.63, 3.8) is 0 Å². The maximum Gasteiger partial charge on any atom is 0.0538 e. The maximum absolute atomic E-state index is 5.05. The Morgan fingerprint density at radius 1 is 1.33 bits per heavy atom. The molecule has 0 saturated heterocycles. The summed E-state index contributed by atoms with van der Waals surface area (Å²) in [6.07, 6.45) is 4.96. The van der Waals surface area contributed by atoms with Crippen molar-refractivity contribution < 1.29 is 0 Å². The molecule has 2 heteroatoms. The summed E-state index contributed by atoms with van der Waals surface area (Å²) in [5.41, 5.74) is 2.04. The zero-order valence-corrected chi connectivity index (χ0v) is 9.03. The fourth-order valence-corrected chi connectivity index (χ4v) is 1.17. The van der Waals surface area contributed by atoms with Crippen LogP contribution in [0.15, 0.2) is 29.4 Å². The third-order valence-corrected chi connectivity index (χ3v) is 2.02. The average Bonchev–Trinajstić information content (AvgIpc) is 2.27. The van der Waals surface area contributed by atoms with Crippen molar-refractivity contribution in [1.82, 2.24) is 0 Å². The van der Waals surface area contributed by atoms with Crippen molar-refractivity contribution >= 4 is 6.21 Å². The fraction of sp³-hybridized carbons (Fsp3) is 0.308. The molecule has 0 amide bonds. The van der Waals surface area contributed by atoms with E-state index in [1.54, 1.807) is 6.21 Å². The van der Waals surface area contributed by atoms with Gasteiger partial charge < -0.3 is 5.84 Å². The largest absolute Gasteiger partial charge is 0.323 e. The van der Waals surface area contributed by atoms with Crippen molar-refractivity contribution in [2.45, 2.75) is 26.2 Å². The number of nitrogens with two attached hydrogens (primary N) is 1. The monoisotopic (exact) mass is 200 g/mol. The summed E-state index contributed by atoms with van der Waals surface area (Å²) in [4.78, 5) is 0. The molecule has 1 rings (SSSR count). The van der Waals surface area contributed by atoms with E-state index in [0.29, 0.717) is 0 Å². The zero-order valence-electron chi connectivity index (χ0n) is 9.03. The molecular formula is C13H16N2. The molecule has 2 nitrogen and oxygen atoms in total. The molecule has 0 atom stereocenters. The summed E-state index contributed by atoms with van der Waals surface area (Å²) >= 11 is 0. The summed E-state index contributed by atoms with van der Waals surface area (Å²) in [5, 5.41) is 3.46. The molecule has 2 N–H and O–H groups in total. The lowest BCUT2D eigenvalue weighted by molar-refractivity contribution is 0.828. The SMILES string of the molecule is CCCCC#Cc1ccc(C=NN)cc1. The van der Waals surface area contributed by atoms with Gasteiger partial charge in [0.2, 0.25) is 0 Å². The van der Waals surface area contributed by atoms with Crippen LogP contribution in [0.4, 0.5) is 0 Å². The molecule has 0 radical (unpaired) electrons. The number of nitrogens with zero attached hydrogens (tertiary/aromatic N) is 1. The highest BCUT2D eigenvalue weighted by Gasteiger charge is 1.88. The Hall–Kier alpha value is -1.75. The van der Waals surface area contributed by atoms with Crippen molar-refractivity contribution in [2.24, 2.45) is 10.9 Å². The first kappa shape index (κ1) is 11.3. The molecule has 1 aromatic carbocycles. The van der Waals surface area contributed by atoms with Crippen molar-refractivity contribution in [1.29, 1.82) is 0 Å². The third kappa shape index (κ3) is 4.33. The van der Waals surface area contributed by atoms with E-state index in [1.165, 1.54) is 12.8 Å². The van der Waals surface area contributed by atoms with E-state index < -0.39 is 0 Å². The highest BCUT2D eigenvalue weighted by Crippen LogP contribution is 2.01. The van der Waals surface area contributed by atoms with E-state index >= 15 is 0 Å². The van der Waals surface area contributed by atoms with Gasteiger partial charge in [-0.25, -0.2) is 0 Å². The number of hydrazone groups is 1. The highest BCUT2D eigenvalue weighted by atomic mass is 15.1. The molecule has 0 saturated carbocycles. The summed E-state index contributed by atoms with van der Waals surface area (Å²) < 4.78 is 0. The number of rotatable bonds is 3. The van der Waals surface area contributed by atoms with E-state index in [9.17, 15) is 0 Å². The van der Waals surface area contributed by atoms with E-state index in [0.717, 1.165) is 17.5 Å². The van der Waals surface area contributed by atoms with E-state index in [-0.39, 0.29) is 0 Å². The van der Waals surface area contributed by atoms with Crippen LogP contribution in [0.1, 0.15) is 37.3 Å². The summed E-state index contributed by atoms with van der Waals surface area (Å²) in [7, 11) is 0. The topological polar surface area (TPSA) is 38.4 Å². The lowest BCUT2D eigenvalue weighted by Gasteiger charge is -1.92. The second kappa shape index (κ2) is 6.67. The molecule has 0 bridgehead atoms. The normalized spacial score (nSPS) is 9.93. The van der Waals surface area contributed by atoms with Gasteiger partial charge in [-0.3, -0.25) is 0 Å². The van der Waals surface area contributed by atoms with Gasteiger partial charge in [-0.05, 0) is 24.1 Å². The molecule has 0 heterocycles. The third-order valence-electron chi connectivity index (χ3n) is 2.02. The summed E-state index contributed by atoms with van der Waals surface area (Å²) in [6.45, 7) is 2.17. The van der Waals surface area contributed by atoms with E-state index in [4.69, 9.17) is 5.84 Å². The second-order valence-electron chi connectivity index (χ2n) is 3.31. The number of hydrogen-bond acceptors (Lipinski definition) is 2. The molecule has 0 aromatic heterocycles. The maximum atomic E-state index is 5.05. The van der Waals surface area contributed by atoms with Crippen LogP contribution >= 0.6 is 0 Å². The molecule has 15 heavy (non-hydrogen) atoms. The van der Waals surface area contributed by atoms with Gasteiger partial charge in [-0.1, -0.05) is 37.3 Å². The number of benzene rings is 1. The number of unbranched alkanes of at least 4 members (excludes halogenated alkanes) is 2. The van der Waals surface area contributed by atoms with Crippen LogP contribution < -0.4 is 5.84 Å². The summed E-state index contributed by atoms with van der Waals surface area (Å²) in [5.74, 6) is 11.3. The van der Waals surface area contributed by atoms with Crippen molar-refractivity contribution in [3.8, 4) is 11.8 Å². The van der Waals surface area contributed by atoms with Gasteiger partial charge in [0.25, 0.3) is 0 Å². The first-order valence-electron chi connectivity index (χ1n) is 5.19. The molecule has 78 valence electrons. The number of hydrogen-bond donors (Lipinski definition) is 1. The minimum Gasteiger partial charge on any atom is -0.323 e. The average molecular weight is 200 g/mol. The van der Waals surface area contributed by atoms with E-state index in [1.807, 2.05) is 24.3 Å². The standard InChI is InChI=1S/C13H16N2/c1-2-3-4-5-6-12-7-9-13(10-8-12)11-15-14/h7-11H,2-4,14H2,1H3. The van der Waals surface area contributed by atoms with Crippen LogP contribution in [0.3, 0.4) is 0 Å². The van der Waals surface area contributed by atoms with Crippen LogP contribution in [0.25, 0.3) is 0 Å². The Kier molecular flexibility index (Phi) is 5.03. The van der Waals surface area contributed by atoms with Gasteiger partial charge in [0.15, 0.2) is 0 Å². The minimum atomic E-state index is 0.975. The van der Waals surface area contributed by atoms with Crippen molar-refractivity contribution in [2.75, 3.05) is 0 Å². The lowest BCUT2D eigenvalue weighted by atomic mass is 10.1. The van der Waals surface area contributed by atoms with E-state index in [2.05, 4.69) is 23.9 Å². The Bertz CT molecular complexity index is 366. The highest BCUT2D eigenvalue weighted by molar-refractivity contribution is 5.79. The van der Waals surface area contributed by atoms with Gasteiger partial charge >= 0.3 is 0 Å². The predicted octanol–water partition coefficient (Wildman–Crippen LogP) is 2.52. The van der Waals surface area contributed by atoms with Crippen LogP contribution in [0.2, 0.25) is 0 Å². The van der Waals surface area contributed by atoms with Crippen LogP contribution in [-0.2, 0) is 0 Å². The Morgan fingerprint density at radius 3 is 2.67 bits per heavy atom. The Labute approximate surface area is 91.2 Å². The first-order valence-corrected chi connectivity index (χ1v) is 5.19. The predicted molar refractivity (Wildman–Crippen MR) is 64.6 cm³/mol. The molecule has 0 fully saturated rings. The molecule has 0 unspecified atom stereocenters. The van der Waals surface area contributed by atoms with Crippen molar-refractivity contribution in [3.05, 3.63) is 35.4 Å². The van der Waals surface area contributed by atoms with Gasteiger partial charge in [-0.2, -0.15) is 5.10 Å². The minimum absolute atomic E-state index is 0.975. The Balaban J connectivity index is 2.58. The quantitative estimate of drug-likeness (QED) is 0.263. The van der Waals surface area contributed by atoms with Crippen LogP contribution in [0, 0.1) is 11.8 Å². The van der Waals surface area contributed by atoms with Gasteiger partial charge in [0, 0.05) is 12.0 Å². The van der Waals surface area contributed by atoms with Crippen LogP contribution in [-0.4, -0.2) is 6.21 Å². The van der Waals surface area contributed by atoms with Gasteiger partial charge in [-0.15, -0.1) is 0 Å². The Morgan fingerprint density at radius 2 is 2.07 bits per heavy atom.